The lowest BCUT2D eigenvalue weighted by Crippen LogP contribution is -1.96. The van der Waals surface area contributed by atoms with Crippen molar-refractivity contribution in [2.45, 2.75) is 13.5 Å². The molecule has 0 radical (unpaired) electrons. The highest BCUT2D eigenvalue weighted by atomic mass is 16.5. The largest absolute Gasteiger partial charge is 0.489 e. The number of para-hydroxylation sites is 1. The lowest BCUT2D eigenvalue weighted by atomic mass is 10.2. The van der Waals surface area contributed by atoms with Gasteiger partial charge in [-0.05, 0) is 24.6 Å². The first-order valence-electron chi connectivity index (χ1n) is 5.65. The number of aryl methyl sites for hydroxylation is 1. The molecule has 3 nitrogen and oxygen atoms in total. The van der Waals surface area contributed by atoms with Gasteiger partial charge in [0.05, 0.1) is 6.33 Å². The fraction of sp³-hybridized carbons (Fsp3) is 0.214. The predicted octanol–water partition coefficient (Wildman–Crippen LogP) is 2.83. The van der Waals surface area contributed by atoms with E-state index in [-0.39, 0.29) is 0 Å². The Morgan fingerprint density at radius 1 is 1.29 bits per heavy atom. The molecule has 1 aromatic heterocycles. The Bertz CT molecular complexity index is 475. The van der Waals surface area contributed by atoms with Crippen LogP contribution in [0.2, 0.25) is 0 Å². The summed E-state index contributed by atoms with van der Waals surface area (Å²) in [5.41, 5.74) is 1.16. The molecule has 0 unspecified atom stereocenters. The first-order valence-corrected chi connectivity index (χ1v) is 5.65. The van der Waals surface area contributed by atoms with E-state index in [0.29, 0.717) is 6.61 Å². The fourth-order valence-electron chi connectivity index (χ4n) is 1.52. The van der Waals surface area contributed by atoms with Crippen LogP contribution in [-0.2, 0) is 6.54 Å². The summed E-state index contributed by atoms with van der Waals surface area (Å²) in [6.07, 6.45) is 9.60. The molecule has 0 saturated heterocycles. The monoisotopic (exact) mass is 228 g/mol. The molecule has 0 N–H and O–H groups in total. The maximum Gasteiger partial charge on any atom is 0.122 e. The van der Waals surface area contributed by atoms with E-state index >= 15 is 0 Å². The second-order valence-electron chi connectivity index (χ2n) is 3.81. The third-order valence-electron chi connectivity index (χ3n) is 2.47. The normalized spacial score (nSPS) is 10.9. The SMILES string of the molecule is Cc1ccccc1OCC=CCn1ccnc1. The lowest BCUT2D eigenvalue weighted by molar-refractivity contribution is 0.360. The van der Waals surface area contributed by atoms with E-state index in [1.54, 1.807) is 12.5 Å². The van der Waals surface area contributed by atoms with Crippen molar-refractivity contribution in [3.63, 3.8) is 0 Å². The molecule has 0 atom stereocenters. The topological polar surface area (TPSA) is 27.1 Å². The van der Waals surface area contributed by atoms with Crippen LogP contribution < -0.4 is 4.74 Å². The van der Waals surface area contributed by atoms with Crippen molar-refractivity contribution >= 4 is 0 Å². The number of imidazole rings is 1. The van der Waals surface area contributed by atoms with Crippen LogP contribution in [0.5, 0.6) is 5.75 Å². The Balaban J connectivity index is 1.76. The van der Waals surface area contributed by atoms with Crippen molar-refractivity contribution < 1.29 is 4.74 Å². The van der Waals surface area contributed by atoms with E-state index in [1.807, 2.05) is 48.0 Å². The van der Waals surface area contributed by atoms with E-state index in [2.05, 4.69) is 11.1 Å². The number of hydrogen-bond donors (Lipinski definition) is 0. The first kappa shape index (κ1) is 11.5. The van der Waals surface area contributed by atoms with Crippen LogP contribution in [0.25, 0.3) is 0 Å². The highest BCUT2D eigenvalue weighted by Gasteiger charge is 1.94. The van der Waals surface area contributed by atoms with Crippen molar-refractivity contribution in [3.8, 4) is 5.75 Å². The minimum Gasteiger partial charge on any atom is -0.489 e. The highest BCUT2D eigenvalue weighted by Crippen LogP contribution is 2.15. The average molecular weight is 228 g/mol. The second kappa shape index (κ2) is 5.89. The van der Waals surface area contributed by atoms with Gasteiger partial charge in [0.25, 0.3) is 0 Å². The van der Waals surface area contributed by atoms with Gasteiger partial charge in [0.1, 0.15) is 12.4 Å². The molecule has 0 bridgehead atoms. The Morgan fingerprint density at radius 2 is 2.18 bits per heavy atom. The molecule has 2 aromatic rings. The zero-order valence-corrected chi connectivity index (χ0v) is 9.91. The maximum absolute atomic E-state index is 5.64. The van der Waals surface area contributed by atoms with Crippen molar-refractivity contribution in [1.29, 1.82) is 0 Å². The van der Waals surface area contributed by atoms with Crippen LogP contribution in [0.1, 0.15) is 5.56 Å². The third-order valence-corrected chi connectivity index (χ3v) is 2.47. The van der Waals surface area contributed by atoms with E-state index in [0.717, 1.165) is 17.9 Å². The molecular weight excluding hydrogens is 212 g/mol. The summed E-state index contributed by atoms with van der Waals surface area (Å²) in [5, 5.41) is 0. The average Bonchev–Trinajstić information content (AvgIpc) is 2.84. The van der Waals surface area contributed by atoms with Crippen molar-refractivity contribution in [2.24, 2.45) is 0 Å². The van der Waals surface area contributed by atoms with Gasteiger partial charge in [-0.15, -0.1) is 0 Å². The molecule has 88 valence electrons. The summed E-state index contributed by atoms with van der Waals surface area (Å²) in [4.78, 5) is 3.98. The molecule has 3 heteroatoms. The van der Waals surface area contributed by atoms with Crippen molar-refractivity contribution in [2.75, 3.05) is 6.61 Å². The number of ether oxygens (including phenoxy) is 1. The maximum atomic E-state index is 5.64. The van der Waals surface area contributed by atoms with Gasteiger partial charge in [-0.1, -0.05) is 24.3 Å². The molecule has 0 aliphatic heterocycles. The van der Waals surface area contributed by atoms with Crippen LogP contribution in [0, 0.1) is 6.92 Å². The van der Waals surface area contributed by atoms with Crippen LogP contribution in [0.3, 0.4) is 0 Å². The van der Waals surface area contributed by atoms with E-state index in [4.69, 9.17) is 4.74 Å². The van der Waals surface area contributed by atoms with Gasteiger partial charge >= 0.3 is 0 Å². The summed E-state index contributed by atoms with van der Waals surface area (Å²) in [7, 11) is 0. The van der Waals surface area contributed by atoms with Crippen LogP contribution in [0.15, 0.2) is 55.1 Å². The molecular formula is C14H16N2O. The standard InChI is InChI=1S/C14H16N2O/c1-13-6-2-3-7-14(13)17-11-5-4-9-16-10-8-15-12-16/h2-8,10,12H,9,11H2,1H3. The van der Waals surface area contributed by atoms with Gasteiger partial charge < -0.3 is 9.30 Å². The molecule has 0 amide bonds. The van der Waals surface area contributed by atoms with E-state index in [1.165, 1.54) is 0 Å². The van der Waals surface area contributed by atoms with Gasteiger partial charge in [0.15, 0.2) is 0 Å². The summed E-state index contributed by atoms with van der Waals surface area (Å²) >= 11 is 0. The van der Waals surface area contributed by atoms with Gasteiger partial charge in [0.2, 0.25) is 0 Å². The zero-order valence-electron chi connectivity index (χ0n) is 9.91. The van der Waals surface area contributed by atoms with E-state index in [9.17, 15) is 0 Å². The third kappa shape index (κ3) is 3.48. The molecule has 0 spiro atoms. The minimum atomic E-state index is 0.597. The van der Waals surface area contributed by atoms with Crippen molar-refractivity contribution in [3.05, 3.63) is 60.7 Å². The molecule has 1 heterocycles. The Hall–Kier alpha value is -2.03. The lowest BCUT2D eigenvalue weighted by Gasteiger charge is -2.05. The molecule has 0 aliphatic rings. The van der Waals surface area contributed by atoms with Gasteiger partial charge in [-0.25, -0.2) is 4.98 Å². The van der Waals surface area contributed by atoms with E-state index < -0.39 is 0 Å². The van der Waals surface area contributed by atoms with Gasteiger partial charge in [-0.2, -0.15) is 0 Å². The number of rotatable bonds is 5. The second-order valence-corrected chi connectivity index (χ2v) is 3.81. The predicted molar refractivity (Wildman–Crippen MR) is 68.0 cm³/mol. The number of allylic oxidation sites excluding steroid dienone is 1. The molecule has 0 aliphatic carbocycles. The summed E-state index contributed by atoms with van der Waals surface area (Å²) in [6.45, 7) is 3.47. The Morgan fingerprint density at radius 3 is 2.94 bits per heavy atom. The number of nitrogens with zero attached hydrogens (tertiary/aromatic N) is 2. The number of aromatic nitrogens is 2. The summed E-state index contributed by atoms with van der Waals surface area (Å²) < 4.78 is 7.65. The molecule has 2 rings (SSSR count). The summed E-state index contributed by atoms with van der Waals surface area (Å²) in [6, 6.07) is 8.03. The van der Waals surface area contributed by atoms with Crippen LogP contribution in [-0.4, -0.2) is 16.2 Å². The van der Waals surface area contributed by atoms with Gasteiger partial charge in [0, 0.05) is 18.9 Å². The quantitative estimate of drug-likeness (QED) is 0.736. The molecule has 0 fully saturated rings. The zero-order chi connectivity index (χ0) is 11.9. The van der Waals surface area contributed by atoms with Crippen LogP contribution in [0.4, 0.5) is 0 Å². The Kier molecular flexibility index (Phi) is 3.97. The smallest absolute Gasteiger partial charge is 0.122 e. The summed E-state index contributed by atoms with van der Waals surface area (Å²) in [5.74, 6) is 0.944. The molecule has 0 saturated carbocycles. The fourth-order valence-corrected chi connectivity index (χ4v) is 1.52. The molecule has 1 aromatic carbocycles. The number of hydrogen-bond acceptors (Lipinski definition) is 2. The van der Waals surface area contributed by atoms with Crippen molar-refractivity contribution in [1.82, 2.24) is 9.55 Å². The molecule has 17 heavy (non-hydrogen) atoms. The number of benzene rings is 1. The Labute approximate surface area is 101 Å². The first-order chi connectivity index (χ1) is 8.36. The minimum absolute atomic E-state index is 0.597. The highest BCUT2D eigenvalue weighted by molar-refractivity contribution is 5.31. The van der Waals surface area contributed by atoms with Crippen LogP contribution >= 0.6 is 0 Å². The van der Waals surface area contributed by atoms with Gasteiger partial charge in [-0.3, -0.25) is 0 Å².